The van der Waals surface area contributed by atoms with Crippen molar-refractivity contribution in [1.82, 2.24) is 4.98 Å². The molecule has 0 aliphatic rings. The van der Waals surface area contributed by atoms with E-state index >= 15 is 0 Å². The Kier molecular flexibility index (Phi) is 3.65. The molecule has 0 spiro atoms. The molecular weight excluding hydrogens is 307 g/mol. The van der Waals surface area contributed by atoms with Gasteiger partial charge in [0.05, 0.1) is 5.02 Å². The third kappa shape index (κ3) is 2.71. The van der Waals surface area contributed by atoms with Crippen LogP contribution >= 0.6 is 11.6 Å². The number of pyridine rings is 1. The van der Waals surface area contributed by atoms with Crippen LogP contribution in [0.25, 0.3) is 21.9 Å². The molecule has 2 N–H and O–H groups in total. The van der Waals surface area contributed by atoms with Crippen LogP contribution in [0.5, 0.6) is 0 Å². The summed E-state index contributed by atoms with van der Waals surface area (Å²) in [5, 5.41) is 12.7. The number of carboxylic acid groups (broad SMARTS) is 1. The summed E-state index contributed by atoms with van der Waals surface area (Å²) < 4.78 is 14.0. The molecule has 0 atom stereocenters. The molecule has 0 saturated carbocycles. The van der Waals surface area contributed by atoms with Gasteiger partial charge in [-0.1, -0.05) is 29.8 Å². The number of hydrogen-bond acceptors (Lipinski definition) is 2. The standard InChI is InChI=1S/C16H10ClFN2O2/c17-12-2-1-3-13(18)15(12)10-5-4-9-7-14(20-16(21)22)19-8-11(9)6-10/h1-8H,(H,19,20)(H,21,22). The Morgan fingerprint density at radius 2 is 2.00 bits per heavy atom. The molecule has 4 nitrogen and oxygen atoms in total. The van der Waals surface area contributed by atoms with Crippen LogP contribution in [0, 0.1) is 5.82 Å². The maximum Gasteiger partial charge on any atom is 0.410 e. The largest absolute Gasteiger partial charge is 0.465 e. The number of amides is 1. The van der Waals surface area contributed by atoms with Crippen molar-refractivity contribution in [3.05, 3.63) is 59.5 Å². The zero-order valence-electron chi connectivity index (χ0n) is 11.2. The Bertz CT molecular complexity index is 863. The highest BCUT2D eigenvalue weighted by Crippen LogP contribution is 2.32. The number of rotatable bonds is 2. The molecule has 2 aromatic carbocycles. The van der Waals surface area contributed by atoms with Gasteiger partial charge in [0.2, 0.25) is 0 Å². The van der Waals surface area contributed by atoms with E-state index in [2.05, 4.69) is 10.3 Å². The Labute approximate surface area is 130 Å². The number of nitrogens with one attached hydrogen (secondary N) is 1. The molecule has 0 aliphatic heterocycles. The van der Waals surface area contributed by atoms with Crippen molar-refractivity contribution in [1.29, 1.82) is 0 Å². The lowest BCUT2D eigenvalue weighted by molar-refractivity contribution is 0.209. The van der Waals surface area contributed by atoms with Gasteiger partial charge < -0.3 is 5.11 Å². The van der Waals surface area contributed by atoms with E-state index in [1.54, 1.807) is 36.4 Å². The van der Waals surface area contributed by atoms with Gasteiger partial charge in [0.15, 0.2) is 0 Å². The zero-order valence-corrected chi connectivity index (χ0v) is 11.9. The van der Waals surface area contributed by atoms with Crippen molar-refractivity contribution in [3.63, 3.8) is 0 Å². The van der Waals surface area contributed by atoms with Crippen LogP contribution in [0.3, 0.4) is 0 Å². The van der Waals surface area contributed by atoms with Crippen molar-refractivity contribution >= 4 is 34.3 Å². The van der Waals surface area contributed by atoms with Gasteiger partial charge >= 0.3 is 6.09 Å². The number of nitrogens with zero attached hydrogens (tertiary/aromatic N) is 1. The Balaban J connectivity index is 2.09. The molecule has 0 saturated heterocycles. The number of benzene rings is 2. The van der Waals surface area contributed by atoms with Gasteiger partial charge in [-0.2, -0.15) is 0 Å². The van der Waals surface area contributed by atoms with Gasteiger partial charge in [0, 0.05) is 17.1 Å². The molecule has 0 aliphatic carbocycles. The van der Waals surface area contributed by atoms with E-state index < -0.39 is 11.9 Å². The number of anilines is 1. The highest BCUT2D eigenvalue weighted by Gasteiger charge is 2.10. The number of fused-ring (bicyclic) bond motifs is 1. The molecule has 3 rings (SSSR count). The molecular formula is C16H10ClFN2O2. The van der Waals surface area contributed by atoms with Crippen LogP contribution in [-0.4, -0.2) is 16.2 Å². The van der Waals surface area contributed by atoms with Gasteiger partial charge in [-0.3, -0.25) is 5.32 Å². The third-order valence-electron chi connectivity index (χ3n) is 3.21. The van der Waals surface area contributed by atoms with Gasteiger partial charge in [0.1, 0.15) is 11.6 Å². The van der Waals surface area contributed by atoms with Crippen molar-refractivity contribution in [3.8, 4) is 11.1 Å². The molecule has 1 aromatic heterocycles. The zero-order chi connectivity index (χ0) is 15.7. The first-order valence-corrected chi connectivity index (χ1v) is 6.76. The van der Waals surface area contributed by atoms with E-state index in [1.165, 1.54) is 12.3 Å². The van der Waals surface area contributed by atoms with Gasteiger partial charge in [0.25, 0.3) is 0 Å². The molecule has 0 radical (unpaired) electrons. The third-order valence-corrected chi connectivity index (χ3v) is 3.52. The normalized spacial score (nSPS) is 10.6. The van der Waals surface area contributed by atoms with E-state index in [9.17, 15) is 9.18 Å². The van der Waals surface area contributed by atoms with E-state index in [1.807, 2.05) is 0 Å². The summed E-state index contributed by atoms with van der Waals surface area (Å²) in [7, 11) is 0. The van der Waals surface area contributed by atoms with E-state index in [0.717, 1.165) is 10.8 Å². The number of hydrogen-bond donors (Lipinski definition) is 2. The first-order chi connectivity index (χ1) is 10.5. The summed E-state index contributed by atoms with van der Waals surface area (Å²) in [5.74, 6) is -0.166. The highest BCUT2D eigenvalue weighted by molar-refractivity contribution is 6.33. The minimum Gasteiger partial charge on any atom is -0.465 e. The molecule has 0 fully saturated rings. The molecule has 6 heteroatoms. The number of halogens is 2. The molecule has 0 bridgehead atoms. The molecule has 0 unspecified atom stereocenters. The van der Waals surface area contributed by atoms with Crippen molar-refractivity contribution in [2.24, 2.45) is 0 Å². The fourth-order valence-electron chi connectivity index (χ4n) is 2.25. The Hall–Kier alpha value is -2.66. The lowest BCUT2D eigenvalue weighted by Gasteiger charge is -2.08. The molecule has 1 amide bonds. The second kappa shape index (κ2) is 5.61. The van der Waals surface area contributed by atoms with Crippen molar-refractivity contribution in [2.75, 3.05) is 5.32 Å². The molecule has 1 heterocycles. The minimum absolute atomic E-state index is 0.233. The monoisotopic (exact) mass is 316 g/mol. The topological polar surface area (TPSA) is 62.2 Å². The summed E-state index contributed by atoms with van der Waals surface area (Å²) in [6.07, 6.45) is 0.348. The van der Waals surface area contributed by atoms with Crippen molar-refractivity contribution < 1.29 is 14.3 Å². The van der Waals surface area contributed by atoms with Crippen LogP contribution < -0.4 is 5.32 Å². The fourth-order valence-corrected chi connectivity index (χ4v) is 2.52. The van der Waals surface area contributed by atoms with Crippen LogP contribution in [0.2, 0.25) is 5.02 Å². The maximum atomic E-state index is 14.0. The Morgan fingerprint density at radius 1 is 1.18 bits per heavy atom. The van der Waals surface area contributed by atoms with Crippen LogP contribution in [0.4, 0.5) is 15.0 Å². The van der Waals surface area contributed by atoms with E-state index in [0.29, 0.717) is 16.1 Å². The van der Waals surface area contributed by atoms with E-state index in [4.69, 9.17) is 16.7 Å². The summed E-state index contributed by atoms with van der Waals surface area (Å²) in [6.45, 7) is 0. The lowest BCUT2D eigenvalue weighted by Crippen LogP contribution is -2.08. The average molecular weight is 317 g/mol. The van der Waals surface area contributed by atoms with Crippen LogP contribution in [0.15, 0.2) is 48.7 Å². The molecule has 22 heavy (non-hydrogen) atoms. The van der Waals surface area contributed by atoms with Gasteiger partial charge in [-0.15, -0.1) is 0 Å². The summed E-state index contributed by atoms with van der Waals surface area (Å²) in [5.41, 5.74) is 0.968. The second-order valence-electron chi connectivity index (χ2n) is 4.66. The Morgan fingerprint density at radius 3 is 2.73 bits per heavy atom. The number of carbonyl (C=O) groups is 1. The van der Waals surface area contributed by atoms with Crippen LogP contribution in [0.1, 0.15) is 0 Å². The maximum absolute atomic E-state index is 14.0. The van der Waals surface area contributed by atoms with Gasteiger partial charge in [-0.05, 0) is 35.2 Å². The smallest absolute Gasteiger partial charge is 0.410 e. The first kappa shape index (κ1) is 14.3. The van der Waals surface area contributed by atoms with Gasteiger partial charge in [-0.25, -0.2) is 14.2 Å². The lowest BCUT2D eigenvalue weighted by atomic mass is 10.0. The number of aromatic nitrogens is 1. The first-order valence-electron chi connectivity index (χ1n) is 6.39. The molecule has 110 valence electrons. The molecule has 3 aromatic rings. The predicted octanol–water partition coefficient (Wildman–Crippen LogP) is 4.78. The summed E-state index contributed by atoms with van der Waals surface area (Å²) >= 11 is 6.07. The van der Waals surface area contributed by atoms with Crippen molar-refractivity contribution in [2.45, 2.75) is 0 Å². The van der Waals surface area contributed by atoms with Crippen LogP contribution in [-0.2, 0) is 0 Å². The second-order valence-corrected chi connectivity index (χ2v) is 5.07. The summed E-state index contributed by atoms with van der Waals surface area (Å²) in [4.78, 5) is 14.6. The fraction of sp³-hybridized carbons (Fsp3) is 0. The predicted molar refractivity (Wildman–Crippen MR) is 83.8 cm³/mol. The average Bonchev–Trinajstić information content (AvgIpc) is 2.46. The van der Waals surface area contributed by atoms with E-state index in [-0.39, 0.29) is 5.82 Å². The summed E-state index contributed by atoms with van der Waals surface area (Å²) in [6, 6.07) is 11.4. The highest BCUT2D eigenvalue weighted by atomic mass is 35.5. The SMILES string of the molecule is O=C(O)Nc1cc2ccc(-c3c(F)cccc3Cl)cc2cn1. The minimum atomic E-state index is -1.18. The quantitative estimate of drug-likeness (QED) is 0.715.